The monoisotopic (exact) mass is 297 g/mol. The lowest BCUT2D eigenvalue weighted by Crippen LogP contribution is -2.06. The fourth-order valence-corrected chi connectivity index (χ4v) is 2.52. The van der Waals surface area contributed by atoms with Crippen LogP contribution in [-0.4, -0.2) is 26.7 Å². The topological polar surface area (TPSA) is 79.6 Å². The van der Waals surface area contributed by atoms with Gasteiger partial charge in [-0.15, -0.1) is 0 Å². The summed E-state index contributed by atoms with van der Waals surface area (Å²) in [6.45, 7) is 0.682. The van der Waals surface area contributed by atoms with Crippen molar-refractivity contribution in [2.24, 2.45) is 0 Å². The van der Waals surface area contributed by atoms with Crippen molar-refractivity contribution in [3.8, 4) is 0 Å². The first-order chi connectivity index (χ1) is 10.8. The lowest BCUT2D eigenvalue weighted by Gasteiger charge is -2.05. The van der Waals surface area contributed by atoms with Gasteiger partial charge in [-0.2, -0.15) is 4.98 Å². The molecule has 4 rings (SSSR count). The fourth-order valence-electron chi connectivity index (χ4n) is 2.52. The maximum atomic E-state index is 13.2. The molecule has 4 aromatic rings. The summed E-state index contributed by atoms with van der Waals surface area (Å²) >= 11 is 0. The Balaban J connectivity index is 1.51. The summed E-state index contributed by atoms with van der Waals surface area (Å²) in [5.74, 6) is 0.451. The van der Waals surface area contributed by atoms with Crippen LogP contribution in [0.3, 0.4) is 0 Å². The molecule has 0 spiro atoms. The van der Waals surface area contributed by atoms with E-state index in [2.05, 4.69) is 25.4 Å². The van der Waals surface area contributed by atoms with Crippen molar-refractivity contribution in [3.63, 3.8) is 0 Å². The van der Waals surface area contributed by atoms with E-state index >= 15 is 0 Å². The highest BCUT2D eigenvalue weighted by atomic mass is 19.1. The minimum absolute atomic E-state index is 0.241. The van der Waals surface area contributed by atoms with Gasteiger partial charge in [0.2, 0.25) is 0 Å². The summed E-state index contributed by atoms with van der Waals surface area (Å²) in [5, 5.41) is 8.74. The van der Waals surface area contributed by atoms with Crippen molar-refractivity contribution in [3.05, 3.63) is 48.3 Å². The number of fused-ring (bicyclic) bond motifs is 2. The standard InChI is InChI=1S/C15H12FN5O/c16-10-1-2-11-9(6-18-13(11)5-10)3-4-17-14-12-7-21-22-15(12)20-8-19-14/h1-2,5-8,18H,3-4H2,(H,17,19,20). The number of halogens is 1. The van der Waals surface area contributed by atoms with E-state index in [4.69, 9.17) is 4.52 Å². The Labute approximate surface area is 124 Å². The molecule has 0 saturated carbocycles. The van der Waals surface area contributed by atoms with Crippen LogP contribution in [0, 0.1) is 5.82 Å². The van der Waals surface area contributed by atoms with Gasteiger partial charge in [0.05, 0.1) is 6.20 Å². The van der Waals surface area contributed by atoms with Gasteiger partial charge < -0.3 is 14.8 Å². The molecule has 0 radical (unpaired) electrons. The average Bonchev–Trinajstić information content (AvgIpc) is 3.14. The van der Waals surface area contributed by atoms with Crippen LogP contribution < -0.4 is 5.32 Å². The van der Waals surface area contributed by atoms with Gasteiger partial charge >= 0.3 is 0 Å². The first kappa shape index (κ1) is 12.8. The van der Waals surface area contributed by atoms with Crippen molar-refractivity contribution in [2.75, 3.05) is 11.9 Å². The number of hydrogen-bond donors (Lipinski definition) is 2. The normalized spacial score (nSPS) is 11.3. The minimum atomic E-state index is -0.241. The van der Waals surface area contributed by atoms with Gasteiger partial charge in [0.1, 0.15) is 23.3 Å². The number of nitrogens with zero attached hydrogens (tertiary/aromatic N) is 3. The number of aromatic amines is 1. The Kier molecular flexibility index (Phi) is 2.96. The molecule has 0 amide bonds. The van der Waals surface area contributed by atoms with Gasteiger partial charge in [0, 0.05) is 23.6 Å². The van der Waals surface area contributed by atoms with Crippen LogP contribution in [0.25, 0.3) is 22.0 Å². The van der Waals surface area contributed by atoms with Crippen LogP contribution in [0.15, 0.2) is 41.4 Å². The Hall–Kier alpha value is -2.96. The van der Waals surface area contributed by atoms with Gasteiger partial charge in [0.25, 0.3) is 5.71 Å². The third kappa shape index (κ3) is 2.16. The molecule has 1 aromatic carbocycles. The molecule has 22 heavy (non-hydrogen) atoms. The molecule has 0 unspecified atom stereocenters. The van der Waals surface area contributed by atoms with E-state index in [1.54, 1.807) is 12.3 Å². The smallest absolute Gasteiger partial charge is 0.262 e. The highest BCUT2D eigenvalue weighted by molar-refractivity contribution is 5.84. The number of anilines is 1. The Morgan fingerprint density at radius 2 is 2.18 bits per heavy atom. The first-order valence-electron chi connectivity index (χ1n) is 6.86. The molecular formula is C15H12FN5O. The molecule has 3 heterocycles. The van der Waals surface area contributed by atoms with E-state index < -0.39 is 0 Å². The SMILES string of the molecule is Fc1ccc2c(CCNc3ncnc4oncc34)c[nH]c2c1. The maximum absolute atomic E-state index is 13.2. The fraction of sp³-hybridized carbons (Fsp3) is 0.133. The zero-order valence-corrected chi connectivity index (χ0v) is 11.5. The Morgan fingerprint density at radius 3 is 3.14 bits per heavy atom. The molecule has 2 N–H and O–H groups in total. The minimum Gasteiger partial charge on any atom is -0.369 e. The van der Waals surface area contributed by atoms with Gasteiger partial charge in [-0.3, -0.25) is 0 Å². The maximum Gasteiger partial charge on any atom is 0.262 e. The third-order valence-corrected chi connectivity index (χ3v) is 3.58. The van der Waals surface area contributed by atoms with Crippen molar-refractivity contribution in [1.29, 1.82) is 0 Å². The van der Waals surface area contributed by atoms with E-state index in [0.717, 1.165) is 28.3 Å². The largest absolute Gasteiger partial charge is 0.369 e. The van der Waals surface area contributed by atoms with E-state index in [-0.39, 0.29) is 5.82 Å². The third-order valence-electron chi connectivity index (χ3n) is 3.58. The molecule has 0 fully saturated rings. The van der Waals surface area contributed by atoms with Gasteiger partial charge in [-0.25, -0.2) is 9.37 Å². The highest BCUT2D eigenvalue weighted by Crippen LogP contribution is 2.21. The predicted molar refractivity (Wildman–Crippen MR) is 80.0 cm³/mol. The van der Waals surface area contributed by atoms with E-state index in [1.807, 2.05) is 6.20 Å². The number of rotatable bonds is 4. The van der Waals surface area contributed by atoms with Gasteiger partial charge in [0.15, 0.2) is 0 Å². The molecule has 0 aliphatic heterocycles. The summed E-state index contributed by atoms with van der Waals surface area (Å²) in [5.41, 5.74) is 2.39. The zero-order valence-electron chi connectivity index (χ0n) is 11.5. The van der Waals surface area contributed by atoms with Crippen molar-refractivity contribution in [2.45, 2.75) is 6.42 Å². The molecular weight excluding hydrogens is 285 g/mol. The Morgan fingerprint density at radius 1 is 1.23 bits per heavy atom. The lowest BCUT2D eigenvalue weighted by atomic mass is 10.1. The quantitative estimate of drug-likeness (QED) is 0.605. The number of benzene rings is 1. The summed E-state index contributed by atoms with van der Waals surface area (Å²) < 4.78 is 18.2. The van der Waals surface area contributed by atoms with Crippen LogP contribution in [0.4, 0.5) is 10.2 Å². The number of aromatic nitrogens is 4. The second kappa shape index (κ2) is 5.10. The molecule has 0 saturated heterocycles. The van der Waals surface area contributed by atoms with Crippen LogP contribution in [0.1, 0.15) is 5.56 Å². The van der Waals surface area contributed by atoms with Crippen LogP contribution in [-0.2, 0) is 6.42 Å². The molecule has 0 bridgehead atoms. The summed E-state index contributed by atoms with van der Waals surface area (Å²) in [7, 11) is 0. The zero-order chi connectivity index (χ0) is 14.9. The van der Waals surface area contributed by atoms with Crippen LogP contribution in [0.5, 0.6) is 0 Å². The van der Waals surface area contributed by atoms with Crippen molar-refractivity contribution < 1.29 is 8.91 Å². The first-order valence-corrected chi connectivity index (χ1v) is 6.86. The summed E-state index contributed by atoms with van der Waals surface area (Å²) in [6, 6.07) is 4.76. The van der Waals surface area contributed by atoms with E-state index in [9.17, 15) is 4.39 Å². The molecule has 0 aliphatic carbocycles. The van der Waals surface area contributed by atoms with E-state index in [1.165, 1.54) is 18.5 Å². The second-order valence-electron chi connectivity index (χ2n) is 4.95. The number of H-pyrrole nitrogens is 1. The highest BCUT2D eigenvalue weighted by Gasteiger charge is 2.08. The molecule has 0 atom stereocenters. The molecule has 3 aromatic heterocycles. The molecule has 0 aliphatic rings. The average molecular weight is 297 g/mol. The Bertz CT molecular complexity index is 945. The van der Waals surface area contributed by atoms with Crippen molar-refractivity contribution in [1.82, 2.24) is 20.1 Å². The van der Waals surface area contributed by atoms with Gasteiger partial charge in [-0.1, -0.05) is 5.16 Å². The number of nitrogens with one attached hydrogen (secondary N) is 2. The lowest BCUT2D eigenvalue weighted by molar-refractivity contribution is 0.448. The predicted octanol–water partition coefficient (Wildman–Crippen LogP) is 2.89. The van der Waals surface area contributed by atoms with Crippen molar-refractivity contribution >= 4 is 27.8 Å². The van der Waals surface area contributed by atoms with Crippen LogP contribution in [0.2, 0.25) is 0 Å². The van der Waals surface area contributed by atoms with Gasteiger partial charge in [-0.05, 0) is 30.2 Å². The molecule has 7 heteroatoms. The number of hydrogen-bond acceptors (Lipinski definition) is 5. The summed E-state index contributed by atoms with van der Waals surface area (Å²) in [6.07, 6.45) is 5.71. The summed E-state index contributed by atoms with van der Waals surface area (Å²) in [4.78, 5) is 11.3. The van der Waals surface area contributed by atoms with E-state index in [0.29, 0.717) is 18.1 Å². The molecule has 6 nitrogen and oxygen atoms in total. The molecule has 110 valence electrons. The van der Waals surface area contributed by atoms with Crippen LogP contribution >= 0.6 is 0 Å². The second-order valence-corrected chi connectivity index (χ2v) is 4.95.